The summed E-state index contributed by atoms with van der Waals surface area (Å²) in [5.74, 6) is -0.281. The third-order valence-electron chi connectivity index (χ3n) is 2.76. The Labute approximate surface area is 106 Å². The molecule has 0 spiro atoms. The molecule has 0 aromatic rings. The molecule has 4 nitrogen and oxygen atoms in total. The van der Waals surface area contributed by atoms with Crippen LogP contribution in [0.4, 0.5) is 0 Å². The number of rotatable bonds is 1. The van der Waals surface area contributed by atoms with Crippen molar-refractivity contribution in [3.05, 3.63) is 0 Å². The maximum atomic E-state index is 11.7. The summed E-state index contributed by atoms with van der Waals surface area (Å²) in [5, 5.41) is 0. The molecule has 2 rings (SSSR count). The Morgan fingerprint density at radius 1 is 1.67 bits per heavy atom. The van der Waals surface area contributed by atoms with Gasteiger partial charge in [0.15, 0.2) is 2.88 Å². The number of hydrogen-bond acceptors (Lipinski definition) is 4. The number of thioether (sulfide) groups is 1. The van der Waals surface area contributed by atoms with E-state index in [1.54, 1.807) is 16.7 Å². The molecule has 15 heavy (non-hydrogen) atoms. The number of amides is 1. The summed E-state index contributed by atoms with van der Waals surface area (Å²) in [6, 6.07) is -0.453. The van der Waals surface area contributed by atoms with Gasteiger partial charge in [-0.25, -0.2) is 4.79 Å². The lowest BCUT2D eigenvalue weighted by atomic mass is 9.98. The van der Waals surface area contributed by atoms with E-state index >= 15 is 0 Å². The number of methoxy groups -OCH3 is 1. The zero-order valence-corrected chi connectivity index (χ0v) is 11.7. The molecule has 6 heteroatoms. The van der Waals surface area contributed by atoms with E-state index in [0.29, 0.717) is 6.42 Å². The van der Waals surface area contributed by atoms with Gasteiger partial charge >= 0.3 is 5.97 Å². The molecule has 0 aromatic heterocycles. The molecule has 84 valence electrons. The van der Waals surface area contributed by atoms with Crippen molar-refractivity contribution in [2.24, 2.45) is 0 Å². The second kappa shape index (κ2) is 3.26. The van der Waals surface area contributed by atoms with Crippen molar-refractivity contribution in [3.63, 3.8) is 0 Å². The van der Waals surface area contributed by atoms with E-state index in [9.17, 15) is 9.59 Å². The first-order valence-electron chi connectivity index (χ1n) is 4.61. The number of carbonyl (C=O) groups excluding carboxylic acids is 2. The zero-order valence-electron chi connectivity index (χ0n) is 8.74. The molecule has 2 aliphatic heterocycles. The number of alkyl halides is 1. The highest BCUT2D eigenvalue weighted by atomic mass is 127. The lowest BCUT2D eigenvalue weighted by molar-refractivity contribution is -0.160. The van der Waals surface area contributed by atoms with Crippen LogP contribution in [0.1, 0.15) is 20.3 Å². The topological polar surface area (TPSA) is 46.6 Å². The van der Waals surface area contributed by atoms with E-state index < -0.39 is 6.04 Å². The Balaban J connectivity index is 2.35. The number of carbonyl (C=O) groups is 2. The van der Waals surface area contributed by atoms with Crippen molar-refractivity contribution in [2.45, 2.75) is 33.9 Å². The summed E-state index contributed by atoms with van der Waals surface area (Å²) >= 11 is 3.91. The number of halogens is 1. The normalized spacial score (nSPS) is 37.2. The van der Waals surface area contributed by atoms with Crippen LogP contribution in [0.5, 0.6) is 0 Å². The summed E-state index contributed by atoms with van der Waals surface area (Å²) < 4.78 is 4.25. The highest BCUT2D eigenvalue weighted by molar-refractivity contribution is 14.1. The number of β-lactam (4-membered cyclic amide) rings is 1. The number of esters is 1. The van der Waals surface area contributed by atoms with Gasteiger partial charge < -0.3 is 9.64 Å². The first kappa shape index (κ1) is 11.5. The molecular weight excluding hydrogens is 329 g/mol. The third-order valence-corrected chi connectivity index (χ3v) is 5.72. The van der Waals surface area contributed by atoms with Gasteiger partial charge in [-0.3, -0.25) is 4.79 Å². The average Bonchev–Trinajstić information content (AvgIpc) is 2.27. The van der Waals surface area contributed by atoms with Crippen LogP contribution in [0.15, 0.2) is 0 Å². The highest BCUT2D eigenvalue weighted by Gasteiger charge is 2.66. The largest absolute Gasteiger partial charge is 0.467 e. The maximum Gasteiger partial charge on any atom is 0.330 e. The van der Waals surface area contributed by atoms with E-state index in [2.05, 4.69) is 22.6 Å². The van der Waals surface area contributed by atoms with Gasteiger partial charge in [0, 0.05) is 4.75 Å². The van der Waals surface area contributed by atoms with Crippen LogP contribution >= 0.6 is 34.4 Å². The smallest absolute Gasteiger partial charge is 0.330 e. The van der Waals surface area contributed by atoms with Crippen LogP contribution in [0, 0.1) is 0 Å². The molecule has 2 atom stereocenters. The van der Waals surface area contributed by atoms with Crippen LogP contribution < -0.4 is 0 Å². The first-order valence-corrected chi connectivity index (χ1v) is 6.50. The van der Waals surface area contributed by atoms with E-state index in [0.717, 1.165) is 0 Å². The van der Waals surface area contributed by atoms with Crippen molar-refractivity contribution < 1.29 is 14.3 Å². The fourth-order valence-electron chi connectivity index (χ4n) is 2.14. The zero-order chi connectivity index (χ0) is 11.4. The van der Waals surface area contributed by atoms with Crippen molar-refractivity contribution in [1.29, 1.82) is 0 Å². The second-order valence-electron chi connectivity index (χ2n) is 4.26. The summed E-state index contributed by atoms with van der Waals surface area (Å²) in [4.78, 5) is 24.9. The predicted molar refractivity (Wildman–Crippen MR) is 65.7 cm³/mol. The first-order chi connectivity index (χ1) is 6.82. The SMILES string of the molecule is COC(=O)[C@@H]1N2C(=O)CC2(I)SC1(C)C. The maximum absolute atomic E-state index is 11.7. The quantitative estimate of drug-likeness (QED) is 0.238. The molecule has 0 bridgehead atoms. The number of ether oxygens (including phenoxy) is 1. The molecule has 2 aliphatic rings. The van der Waals surface area contributed by atoms with Gasteiger partial charge in [0.2, 0.25) is 5.91 Å². The minimum Gasteiger partial charge on any atom is -0.467 e. The van der Waals surface area contributed by atoms with Gasteiger partial charge in [0.25, 0.3) is 0 Å². The summed E-state index contributed by atoms with van der Waals surface area (Å²) in [7, 11) is 1.36. The molecule has 0 aliphatic carbocycles. The molecular formula is C9H12INO3S. The van der Waals surface area contributed by atoms with E-state index in [-0.39, 0.29) is 19.5 Å². The Morgan fingerprint density at radius 3 is 2.73 bits per heavy atom. The van der Waals surface area contributed by atoms with E-state index in [1.165, 1.54) is 7.11 Å². The van der Waals surface area contributed by atoms with Gasteiger partial charge in [-0.1, -0.05) is 0 Å². The molecule has 1 amide bonds. The lowest BCUT2D eigenvalue weighted by Gasteiger charge is -2.43. The highest BCUT2D eigenvalue weighted by Crippen LogP contribution is 2.61. The fourth-order valence-corrected chi connectivity index (χ4v) is 6.34. The Hall–Kier alpha value is 0.0200. The molecule has 2 fully saturated rings. The van der Waals surface area contributed by atoms with Gasteiger partial charge in [-0.05, 0) is 36.4 Å². The van der Waals surface area contributed by atoms with Crippen molar-refractivity contribution in [1.82, 2.24) is 4.90 Å². The average molecular weight is 341 g/mol. The molecule has 1 unspecified atom stereocenters. The molecule has 2 saturated heterocycles. The standard InChI is InChI=1S/C9H12INO3S/c1-8(2)6(7(13)14-3)11-5(12)4-9(11,10)15-8/h6H,4H2,1-3H3/t6-,9?/m0/s1. The van der Waals surface area contributed by atoms with Crippen molar-refractivity contribution in [2.75, 3.05) is 7.11 Å². The predicted octanol–water partition coefficient (Wildman–Crippen LogP) is 1.37. The van der Waals surface area contributed by atoms with Crippen LogP contribution in [0.3, 0.4) is 0 Å². The van der Waals surface area contributed by atoms with E-state index in [4.69, 9.17) is 4.74 Å². The minimum absolute atomic E-state index is 0.0397. The number of hydrogen-bond donors (Lipinski definition) is 0. The second-order valence-corrected chi connectivity index (χ2v) is 8.71. The van der Waals surface area contributed by atoms with Gasteiger partial charge in [0.05, 0.1) is 13.5 Å². The summed E-state index contributed by atoms with van der Waals surface area (Å²) in [6.07, 6.45) is 0.509. The lowest BCUT2D eigenvalue weighted by Crippen LogP contribution is -2.61. The summed E-state index contributed by atoms with van der Waals surface area (Å²) in [6.45, 7) is 3.95. The van der Waals surface area contributed by atoms with E-state index in [1.807, 2.05) is 13.8 Å². The Morgan fingerprint density at radius 2 is 2.27 bits per heavy atom. The Bertz CT molecular complexity index is 346. The summed E-state index contributed by atoms with van der Waals surface area (Å²) in [5.41, 5.74) is 0. The third kappa shape index (κ3) is 1.48. The molecule has 0 radical (unpaired) electrons. The molecule has 2 heterocycles. The van der Waals surface area contributed by atoms with Crippen LogP contribution in [0.25, 0.3) is 0 Å². The molecule has 0 saturated carbocycles. The monoisotopic (exact) mass is 341 g/mol. The Kier molecular flexibility index (Phi) is 2.50. The fraction of sp³-hybridized carbons (Fsp3) is 0.778. The van der Waals surface area contributed by atoms with Crippen LogP contribution in [-0.4, -0.2) is 37.6 Å². The van der Waals surface area contributed by atoms with Gasteiger partial charge in [-0.15, -0.1) is 11.8 Å². The number of fused-ring (bicyclic) bond motifs is 1. The van der Waals surface area contributed by atoms with Crippen LogP contribution in [0.2, 0.25) is 0 Å². The van der Waals surface area contributed by atoms with Crippen molar-refractivity contribution >= 4 is 46.2 Å². The minimum atomic E-state index is -0.453. The van der Waals surface area contributed by atoms with Gasteiger partial charge in [0.1, 0.15) is 6.04 Å². The molecule has 0 aromatic carbocycles. The molecule has 0 N–H and O–H groups in total. The number of nitrogens with zero attached hydrogens (tertiary/aromatic N) is 1. The van der Waals surface area contributed by atoms with Crippen molar-refractivity contribution in [3.8, 4) is 0 Å². The van der Waals surface area contributed by atoms with Gasteiger partial charge in [-0.2, -0.15) is 0 Å². The van der Waals surface area contributed by atoms with Crippen LogP contribution in [-0.2, 0) is 14.3 Å².